The predicted octanol–water partition coefficient (Wildman–Crippen LogP) is 3.72. The number of nitrogens with zero attached hydrogens (tertiary/aromatic N) is 2. The summed E-state index contributed by atoms with van der Waals surface area (Å²) in [5.74, 6) is 3.04. The second-order valence-electron chi connectivity index (χ2n) is 5.74. The minimum atomic E-state index is 0.0930. The molecule has 5 heteroatoms. The first kappa shape index (κ1) is 15.5. The van der Waals surface area contributed by atoms with Crippen molar-refractivity contribution in [1.29, 1.82) is 0 Å². The van der Waals surface area contributed by atoms with Crippen LogP contribution in [0.25, 0.3) is 0 Å². The van der Waals surface area contributed by atoms with Gasteiger partial charge in [-0.1, -0.05) is 24.3 Å². The van der Waals surface area contributed by atoms with E-state index in [1.165, 1.54) is 11.1 Å². The van der Waals surface area contributed by atoms with Crippen molar-refractivity contribution in [1.82, 2.24) is 15.5 Å². The molecule has 3 aromatic rings. The Labute approximate surface area is 135 Å². The van der Waals surface area contributed by atoms with Crippen LogP contribution >= 0.6 is 0 Å². The van der Waals surface area contributed by atoms with Crippen LogP contribution in [0.3, 0.4) is 0 Å². The Balaban J connectivity index is 1.58. The molecule has 120 valence electrons. The molecule has 0 spiro atoms. The molecule has 0 saturated heterocycles. The summed E-state index contributed by atoms with van der Waals surface area (Å²) in [5.41, 5.74) is 2.43. The Kier molecular flexibility index (Phi) is 4.57. The van der Waals surface area contributed by atoms with Crippen LogP contribution < -0.4 is 5.32 Å². The van der Waals surface area contributed by atoms with Gasteiger partial charge < -0.3 is 8.83 Å². The van der Waals surface area contributed by atoms with E-state index in [4.69, 9.17) is 8.83 Å². The van der Waals surface area contributed by atoms with E-state index in [1.807, 2.05) is 38.1 Å². The van der Waals surface area contributed by atoms with Crippen LogP contribution in [0.4, 0.5) is 0 Å². The Morgan fingerprint density at radius 1 is 1.00 bits per heavy atom. The summed E-state index contributed by atoms with van der Waals surface area (Å²) in [6.07, 6.45) is 0.659. The minimum Gasteiger partial charge on any atom is -0.465 e. The third-order valence-electron chi connectivity index (χ3n) is 3.86. The molecule has 0 fully saturated rings. The molecule has 0 aliphatic heterocycles. The van der Waals surface area contributed by atoms with Crippen LogP contribution in [0.1, 0.15) is 47.4 Å². The molecule has 0 bridgehead atoms. The molecule has 1 atom stereocenters. The lowest BCUT2D eigenvalue weighted by molar-refractivity contribution is 0.386. The largest absolute Gasteiger partial charge is 0.465 e. The Morgan fingerprint density at radius 3 is 2.52 bits per heavy atom. The lowest BCUT2D eigenvalue weighted by Gasteiger charge is -2.08. The second kappa shape index (κ2) is 6.79. The van der Waals surface area contributed by atoms with Crippen molar-refractivity contribution in [3.05, 3.63) is 70.8 Å². The third kappa shape index (κ3) is 3.87. The fourth-order valence-electron chi connectivity index (χ4n) is 2.43. The molecule has 0 aliphatic rings. The number of nitrogens with one attached hydrogen (secondary N) is 1. The van der Waals surface area contributed by atoms with E-state index in [-0.39, 0.29) is 6.04 Å². The van der Waals surface area contributed by atoms with Gasteiger partial charge in [0.05, 0.1) is 19.0 Å². The molecule has 5 nitrogen and oxygen atoms in total. The van der Waals surface area contributed by atoms with Crippen LogP contribution in [0.15, 0.2) is 45.2 Å². The van der Waals surface area contributed by atoms with Crippen molar-refractivity contribution in [3.8, 4) is 0 Å². The second-order valence-corrected chi connectivity index (χ2v) is 5.74. The third-order valence-corrected chi connectivity index (χ3v) is 3.86. The Hall–Kier alpha value is -2.40. The Morgan fingerprint density at radius 2 is 1.78 bits per heavy atom. The van der Waals surface area contributed by atoms with Gasteiger partial charge in [0.1, 0.15) is 11.5 Å². The topological polar surface area (TPSA) is 64.1 Å². The van der Waals surface area contributed by atoms with E-state index < -0.39 is 0 Å². The van der Waals surface area contributed by atoms with E-state index in [1.54, 1.807) is 0 Å². The van der Waals surface area contributed by atoms with Gasteiger partial charge in [-0.25, -0.2) is 0 Å². The molecule has 3 rings (SSSR count). The van der Waals surface area contributed by atoms with Crippen LogP contribution in [0, 0.1) is 13.8 Å². The van der Waals surface area contributed by atoms with Crippen LogP contribution in [0.5, 0.6) is 0 Å². The van der Waals surface area contributed by atoms with Gasteiger partial charge in [-0.3, -0.25) is 5.32 Å². The number of aromatic nitrogens is 2. The monoisotopic (exact) mass is 311 g/mol. The first-order valence-electron chi connectivity index (χ1n) is 7.77. The van der Waals surface area contributed by atoms with E-state index in [0.29, 0.717) is 24.7 Å². The highest BCUT2D eigenvalue weighted by molar-refractivity contribution is 5.27. The van der Waals surface area contributed by atoms with Crippen molar-refractivity contribution in [2.75, 3.05) is 0 Å². The van der Waals surface area contributed by atoms with Gasteiger partial charge in [-0.2, -0.15) is 0 Å². The summed E-state index contributed by atoms with van der Waals surface area (Å²) >= 11 is 0. The van der Waals surface area contributed by atoms with E-state index in [2.05, 4.69) is 34.6 Å². The van der Waals surface area contributed by atoms with Gasteiger partial charge in [-0.15, -0.1) is 10.2 Å². The molecular weight excluding hydrogens is 290 g/mol. The van der Waals surface area contributed by atoms with Crippen molar-refractivity contribution >= 4 is 0 Å². The maximum Gasteiger partial charge on any atom is 0.230 e. The van der Waals surface area contributed by atoms with Gasteiger partial charge in [0.2, 0.25) is 11.8 Å². The van der Waals surface area contributed by atoms with Crippen LogP contribution in [-0.2, 0) is 13.0 Å². The Bertz CT molecular complexity index is 776. The predicted molar refractivity (Wildman–Crippen MR) is 87.0 cm³/mol. The average molecular weight is 311 g/mol. The zero-order valence-corrected chi connectivity index (χ0v) is 13.7. The van der Waals surface area contributed by atoms with Crippen molar-refractivity contribution in [3.63, 3.8) is 0 Å². The highest BCUT2D eigenvalue weighted by Crippen LogP contribution is 2.16. The normalized spacial score (nSPS) is 12.5. The highest BCUT2D eigenvalue weighted by atomic mass is 16.4. The van der Waals surface area contributed by atoms with Crippen molar-refractivity contribution in [2.45, 2.75) is 39.8 Å². The minimum absolute atomic E-state index is 0.0930. The molecule has 2 aromatic heterocycles. The number of rotatable bonds is 6. The zero-order valence-electron chi connectivity index (χ0n) is 13.7. The number of benzene rings is 1. The summed E-state index contributed by atoms with van der Waals surface area (Å²) in [4.78, 5) is 0. The number of hydrogen-bond acceptors (Lipinski definition) is 5. The highest BCUT2D eigenvalue weighted by Gasteiger charge is 2.12. The summed E-state index contributed by atoms with van der Waals surface area (Å²) in [6.45, 7) is 6.58. The quantitative estimate of drug-likeness (QED) is 0.751. The fraction of sp³-hybridized carbons (Fsp3) is 0.333. The van der Waals surface area contributed by atoms with Crippen LogP contribution in [-0.4, -0.2) is 10.2 Å². The molecule has 0 amide bonds. The summed E-state index contributed by atoms with van der Waals surface area (Å²) in [6, 6.07) is 12.2. The molecule has 0 radical (unpaired) electrons. The molecule has 2 heterocycles. The standard InChI is InChI=1S/C18H21N3O2/c1-12-6-4-5-7-15(12)10-17-20-21-18(23-17)11-19-14(3)16-9-8-13(2)22-16/h4-9,14,19H,10-11H2,1-3H3. The summed E-state index contributed by atoms with van der Waals surface area (Å²) in [5, 5.41) is 11.6. The molecule has 0 saturated carbocycles. The van der Waals surface area contributed by atoms with Crippen LogP contribution in [0.2, 0.25) is 0 Å². The SMILES string of the molecule is Cc1ccc(C(C)NCc2nnc(Cc3ccccc3C)o2)o1. The first-order valence-corrected chi connectivity index (χ1v) is 7.77. The van der Waals surface area contributed by atoms with E-state index in [9.17, 15) is 0 Å². The number of hydrogen-bond donors (Lipinski definition) is 1. The van der Waals surface area contributed by atoms with Gasteiger partial charge in [0, 0.05) is 0 Å². The zero-order chi connectivity index (χ0) is 16.2. The van der Waals surface area contributed by atoms with E-state index in [0.717, 1.165) is 11.5 Å². The lowest BCUT2D eigenvalue weighted by atomic mass is 10.1. The van der Waals surface area contributed by atoms with Gasteiger partial charge >= 0.3 is 0 Å². The molecule has 0 aliphatic carbocycles. The number of furan rings is 1. The van der Waals surface area contributed by atoms with Gasteiger partial charge in [0.15, 0.2) is 0 Å². The van der Waals surface area contributed by atoms with E-state index >= 15 is 0 Å². The maximum absolute atomic E-state index is 5.72. The molecular formula is C18H21N3O2. The lowest BCUT2D eigenvalue weighted by Crippen LogP contribution is -2.17. The van der Waals surface area contributed by atoms with Gasteiger partial charge in [-0.05, 0) is 44.0 Å². The van der Waals surface area contributed by atoms with Crippen molar-refractivity contribution in [2.24, 2.45) is 0 Å². The number of aryl methyl sites for hydroxylation is 2. The first-order chi connectivity index (χ1) is 11.1. The molecule has 1 aromatic carbocycles. The molecule has 23 heavy (non-hydrogen) atoms. The van der Waals surface area contributed by atoms with Gasteiger partial charge in [0.25, 0.3) is 0 Å². The summed E-state index contributed by atoms with van der Waals surface area (Å²) < 4.78 is 11.3. The fourth-order valence-corrected chi connectivity index (χ4v) is 2.43. The van der Waals surface area contributed by atoms with Crippen molar-refractivity contribution < 1.29 is 8.83 Å². The molecule has 1 N–H and O–H groups in total. The maximum atomic E-state index is 5.72. The average Bonchev–Trinajstić information content (AvgIpc) is 3.16. The summed E-state index contributed by atoms with van der Waals surface area (Å²) in [7, 11) is 0. The molecule has 1 unspecified atom stereocenters. The smallest absolute Gasteiger partial charge is 0.230 e.